The van der Waals surface area contributed by atoms with Crippen LogP contribution in [0.3, 0.4) is 0 Å². The van der Waals surface area contributed by atoms with Crippen molar-refractivity contribution in [2.75, 3.05) is 0 Å². The minimum absolute atomic E-state index is 0.146. The molecule has 0 bridgehead atoms. The second kappa shape index (κ2) is 8.20. The van der Waals surface area contributed by atoms with E-state index in [2.05, 4.69) is 0 Å². The molecule has 0 unspecified atom stereocenters. The van der Waals surface area contributed by atoms with Crippen molar-refractivity contribution < 1.29 is 64.9 Å². The molecule has 0 aromatic heterocycles. The monoisotopic (exact) mass is 512 g/mol. The third-order valence-corrected chi connectivity index (χ3v) is 5.08. The van der Waals surface area contributed by atoms with Gasteiger partial charge in [0.05, 0.1) is 0 Å². The first-order chi connectivity index (χ1) is 17.5. The van der Waals surface area contributed by atoms with E-state index in [4.69, 9.17) is 18.9 Å². The number of benzene rings is 4. The van der Waals surface area contributed by atoms with Gasteiger partial charge in [0.1, 0.15) is 23.0 Å². The lowest BCUT2D eigenvalue weighted by atomic mass is 10.2. The highest BCUT2D eigenvalue weighted by Gasteiger charge is 2.32. The summed E-state index contributed by atoms with van der Waals surface area (Å²) in [6.45, 7) is 0. The van der Waals surface area contributed by atoms with E-state index in [0.717, 1.165) is 42.5 Å². The fraction of sp³-hybridized carbons (Fsp3) is 0. The molecule has 9 N–H and O–H groups in total. The molecule has 0 aliphatic carbocycles. The minimum Gasteiger partial charge on any atom is -0.508 e. The van der Waals surface area contributed by atoms with Crippen LogP contribution in [0.5, 0.6) is 97.7 Å². The van der Waals surface area contributed by atoms with Gasteiger partial charge < -0.3 is 64.9 Å². The summed E-state index contributed by atoms with van der Waals surface area (Å²) in [5.41, 5.74) is 0. The van der Waals surface area contributed by atoms with Gasteiger partial charge in [0.25, 0.3) is 0 Å². The number of fused-ring (bicyclic) bond motifs is 2. The quantitative estimate of drug-likeness (QED) is 0.151. The third kappa shape index (κ3) is 3.95. The molecule has 0 amide bonds. The Morgan fingerprint density at radius 3 is 1.59 bits per heavy atom. The summed E-state index contributed by atoms with van der Waals surface area (Å²) >= 11 is 0. The molecule has 13 heteroatoms. The Bertz CT molecular complexity index is 1540. The van der Waals surface area contributed by atoms with Crippen molar-refractivity contribution in [3.8, 4) is 97.7 Å². The van der Waals surface area contributed by atoms with Crippen molar-refractivity contribution in [1.82, 2.24) is 0 Å². The standard InChI is InChI=1S/C24H16O13/c25-8-1-9(26)3-11(2-8)34-22-14(30)6-16-24(20(22)33)37-17-7-15(18(31)19(32)23(17)36-16)35-21-12(28)4-10(27)5-13(21)29/h1-7,25-33H. The second-order valence-electron chi connectivity index (χ2n) is 7.71. The molecular formula is C24H16O13. The van der Waals surface area contributed by atoms with Crippen molar-refractivity contribution in [1.29, 1.82) is 0 Å². The molecule has 1 heterocycles. The first-order valence-corrected chi connectivity index (χ1v) is 10.2. The number of phenols is 9. The molecule has 0 spiro atoms. The van der Waals surface area contributed by atoms with Gasteiger partial charge in [0, 0.05) is 42.5 Å². The largest absolute Gasteiger partial charge is 0.508 e. The maximum atomic E-state index is 10.7. The second-order valence-corrected chi connectivity index (χ2v) is 7.71. The van der Waals surface area contributed by atoms with Crippen LogP contribution in [0.4, 0.5) is 0 Å². The van der Waals surface area contributed by atoms with Crippen LogP contribution in [-0.2, 0) is 0 Å². The predicted molar refractivity (Wildman–Crippen MR) is 121 cm³/mol. The molecule has 190 valence electrons. The van der Waals surface area contributed by atoms with Gasteiger partial charge in [-0.05, 0) is 0 Å². The lowest BCUT2D eigenvalue weighted by molar-refractivity contribution is 0.294. The van der Waals surface area contributed by atoms with Gasteiger partial charge in [-0.1, -0.05) is 0 Å². The molecule has 0 atom stereocenters. The topological polar surface area (TPSA) is 219 Å². The van der Waals surface area contributed by atoms with Crippen molar-refractivity contribution >= 4 is 0 Å². The highest BCUT2D eigenvalue weighted by atomic mass is 16.6. The molecule has 1 aliphatic heterocycles. The number of aromatic hydroxyl groups is 9. The normalized spacial score (nSPS) is 11.6. The van der Waals surface area contributed by atoms with Gasteiger partial charge in [0.2, 0.25) is 40.2 Å². The SMILES string of the molecule is Oc1cc(O)cc(Oc2c(O)cc3c(c2O)Oc2cc(Oc4c(O)cc(O)cc4O)c(O)c(O)c2O3)c1. The van der Waals surface area contributed by atoms with Gasteiger partial charge in [-0.25, -0.2) is 0 Å². The van der Waals surface area contributed by atoms with Gasteiger partial charge in [-0.2, -0.15) is 0 Å². The molecular weight excluding hydrogens is 496 g/mol. The molecule has 0 radical (unpaired) electrons. The lowest BCUT2D eigenvalue weighted by Gasteiger charge is -2.24. The van der Waals surface area contributed by atoms with Crippen molar-refractivity contribution in [3.63, 3.8) is 0 Å². The number of hydrogen-bond donors (Lipinski definition) is 9. The van der Waals surface area contributed by atoms with E-state index in [1.807, 2.05) is 0 Å². The van der Waals surface area contributed by atoms with Gasteiger partial charge in [0.15, 0.2) is 34.5 Å². The zero-order valence-corrected chi connectivity index (χ0v) is 18.2. The molecule has 5 rings (SSSR count). The Balaban J connectivity index is 1.53. The maximum absolute atomic E-state index is 10.7. The minimum atomic E-state index is -0.884. The van der Waals surface area contributed by atoms with E-state index in [9.17, 15) is 46.0 Å². The molecule has 37 heavy (non-hydrogen) atoms. The number of hydrogen-bond acceptors (Lipinski definition) is 13. The van der Waals surface area contributed by atoms with Crippen LogP contribution >= 0.6 is 0 Å². The zero-order valence-electron chi connectivity index (χ0n) is 18.2. The van der Waals surface area contributed by atoms with Crippen molar-refractivity contribution in [2.45, 2.75) is 0 Å². The van der Waals surface area contributed by atoms with E-state index in [-0.39, 0.29) is 28.7 Å². The van der Waals surface area contributed by atoms with E-state index in [1.165, 1.54) is 0 Å². The Hall–Kier alpha value is -5.72. The Morgan fingerprint density at radius 2 is 0.973 bits per heavy atom. The summed E-state index contributed by atoms with van der Waals surface area (Å²) in [5.74, 6) is -8.92. The summed E-state index contributed by atoms with van der Waals surface area (Å²) in [6.07, 6.45) is 0. The summed E-state index contributed by atoms with van der Waals surface area (Å²) in [4.78, 5) is 0. The summed E-state index contributed by atoms with van der Waals surface area (Å²) in [6, 6.07) is 6.93. The van der Waals surface area contributed by atoms with Gasteiger partial charge in [-0.3, -0.25) is 0 Å². The Labute approximate surface area is 205 Å². The van der Waals surface area contributed by atoms with E-state index < -0.39 is 69.0 Å². The van der Waals surface area contributed by atoms with Crippen LogP contribution in [0, 0.1) is 0 Å². The van der Waals surface area contributed by atoms with E-state index >= 15 is 0 Å². The van der Waals surface area contributed by atoms with E-state index in [1.54, 1.807) is 0 Å². The first-order valence-electron chi connectivity index (χ1n) is 10.2. The van der Waals surface area contributed by atoms with Gasteiger partial charge >= 0.3 is 0 Å². The molecule has 4 aromatic carbocycles. The molecule has 0 saturated heterocycles. The predicted octanol–water partition coefficient (Wildman–Crippen LogP) is 4.52. The van der Waals surface area contributed by atoms with Crippen LogP contribution in [0.2, 0.25) is 0 Å². The highest BCUT2D eigenvalue weighted by molar-refractivity contribution is 5.73. The number of ether oxygens (including phenoxy) is 4. The van der Waals surface area contributed by atoms with Gasteiger partial charge in [-0.15, -0.1) is 0 Å². The average Bonchev–Trinajstić information content (AvgIpc) is 2.81. The fourth-order valence-electron chi connectivity index (χ4n) is 3.48. The molecule has 0 saturated carbocycles. The smallest absolute Gasteiger partial charge is 0.215 e. The van der Waals surface area contributed by atoms with Crippen LogP contribution < -0.4 is 18.9 Å². The highest BCUT2D eigenvalue weighted by Crippen LogP contribution is 2.61. The fourth-order valence-corrected chi connectivity index (χ4v) is 3.48. The summed E-state index contributed by atoms with van der Waals surface area (Å²) in [5, 5.41) is 90.5. The zero-order chi connectivity index (χ0) is 26.6. The van der Waals surface area contributed by atoms with Crippen LogP contribution in [-0.4, -0.2) is 46.0 Å². The third-order valence-electron chi connectivity index (χ3n) is 5.08. The van der Waals surface area contributed by atoms with Crippen LogP contribution in [0.25, 0.3) is 0 Å². The Morgan fingerprint density at radius 1 is 0.459 bits per heavy atom. The summed E-state index contributed by atoms with van der Waals surface area (Å²) in [7, 11) is 0. The van der Waals surface area contributed by atoms with Crippen LogP contribution in [0.15, 0.2) is 42.5 Å². The number of rotatable bonds is 4. The molecule has 0 fully saturated rings. The van der Waals surface area contributed by atoms with Crippen LogP contribution in [0.1, 0.15) is 0 Å². The lowest BCUT2D eigenvalue weighted by Crippen LogP contribution is -2.01. The van der Waals surface area contributed by atoms with Crippen molar-refractivity contribution in [3.05, 3.63) is 42.5 Å². The van der Waals surface area contributed by atoms with E-state index in [0.29, 0.717) is 0 Å². The van der Waals surface area contributed by atoms with Crippen molar-refractivity contribution in [2.24, 2.45) is 0 Å². The average molecular weight is 512 g/mol. The molecule has 13 nitrogen and oxygen atoms in total. The number of phenolic OH excluding ortho intramolecular Hbond substituents is 9. The summed E-state index contributed by atoms with van der Waals surface area (Å²) < 4.78 is 21.8. The molecule has 1 aliphatic rings. The maximum Gasteiger partial charge on any atom is 0.215 e. The Kier molecular flexibility index (Phi) is 5.10. The first kappa shape index (κ1) is 23.0. The molecule has 4 aromatic rings.